The zero-order valence-electron chi connectivity index (χ0n) is 22.6. The molecule has 0 saturated carbocycles. The summed E-state index contributed by atoms with van der Waals surface area (Å²) in [5.41, 5.74) is 0.473. The predicted octanol–water partition coefficient (Wildman–Crippen LogP) is 7.97. The van der Waals surface area contributed by atoms with Crippen molar-refractivity contribution in [2.75, 3.05) is 27.9 Å². The molecule has 0 amide bonds. The van der Waals surface area contributed by atoms with Crippen LogP contribution in [0.4, 0.5) is 0 Å². The lowest BCUT2D eigenvalue weighted by atomic mass is 9.91. The molecule has 1 unspecified atom stereocenters. The topological polar surface area (TPSA) is 54.0 Å². The fraction of sp³-hybridized carbons (Fsp3) is 0.893. The molecule has 0 aliphatic heterocycles. The molecule has 0 aliphatic rings. The van der Waals surface area contributed by atoms with E-state index in [9.17, 15) is 4.79 Å². The van der Waals surface area contributed by atoms with Crippen molar-refractivity contribution < 1.29 is 23.7 Å². The van der Waals surface area contributed by atoms with Crippen molar-refractivity contribution in [2.45, 2.75) is 129 Å². The van der Waals surface area contributed by atoms with Crippen LogP contribution in [-0.2, 0) is 23.7 Å². The van der Waals surface area contributed by atoms with Gasteiger partial charge in [0.15, 0.2) is 0 Å². The lowest BCUT2D eigenvalue weighted by Gasteiger charge is -2.36. The van der Waals surface area contributed by atoms with Gasteiger partial charge in [0.25, 0.3) is 5.97 Å². The zero-order chi connectivity index (χ0) is 24.8. The van der Waals surface area contributed by atoms with Crippen LogP contribution in [-0.4, -0.2) is 39.9 Å². The molecule has 0 bridgehead atoms. The molecule has 0 saturated heterocycles. The number of hydrogen-bond acceptors (Lipinski definition) is 5. The van der Waals surface area contributed by atoms with E-state index in [0.717, 1.165) is 25.7 Å². The molecule has 0 rings (SSSR count). The second kappa shape index (κ2) is 21.6. The lowest BCUT2D eigenvalue weighted by Crippen LogP contribution is -2.44. The van der Waals surface area contributed by atoms with Crippen LogP contribution < -0.4 is 0 Å². The van der Waals surface area contributed by atoms with Crippen LogP contribution >= 0.6 is 0 Å². The first-order chi connectivity index (χ1) is 16.0. The summed E-state index contributed by atoms with van der Waals surface area (Å²) in [5.74, 6) is -0.923. The van der Waals surface area contributed by atoms with Crippen LogP contribution in [0.15, 0.2) is 12.2 Å². The van der Waals surface area contributed by atoms with Gasteiger partial charge in [-0.3, -0.25) is 0 Å². The Morgan fingerprint density at radius 3 is 1.48 bits per heavy atom. The zero-order valence-corrected chi connectivity index (χ0v) is 22.6. The molecule has 5 heteroatoms. The maximum Gasteiger partial charge on any atom is 0.333 e. The monoisotopic (exact) mass is 470 g/mol. The summed E-state index contributed by atoms with van der Waals surface area (Å²) in [6.45, 7) is 8.04. The second-order valence-electron chi connectivity index (χ2n) is 9.36. The Kier molecular flexibility index (Phi) is 21.0. The number of ether oxygens (including phenoxy) is 4. The van der Waals surface area contributed by atoms with Crippen molar-refractivity contribution in [1.82, 2.24) is 0 Å². The van der Waals surface area contributed by atoms with Crippen LogP contribution in [0.25, 0.3) is 0 Å². The Morgan fingerprint density at radius 1 is 0.697 bits per heavy atom. The van der Waals surface area contributed by atoms with E-state index in [1.54, 1.807) is 28.3 Å². The largest absolute Gasteiger partial charge is 0.462 e. The van der Waals surface area contributed by atoms with Gasteiger partial charge in [-0.2, -0.15) is 0 Å². The van der Waals surface area contributed by atoms with Crippen LogP contribution in [0, 0.1) is 5.92 Å². The van der Waals surface area contributed by atoms with Gasteiger partial charge in [0, 0.05) is 32.8 Å². The highest BCUT2D eigenvalue weighted by atomic mass is 16.9. The fourth-order valence-electron chi connectivity index (χ4n) is 4.44. The van der Waals surface area contributed by atoms with E-state index < -0.39 is 5.97 Å². The Labute approximate surface area is 205 Å². The highest BCUT2D eigenvalue weighted by Gasteiger charge is 2.39. The van der Waals surface area contributed by atoms with Gasteiger partial charge < -0.3 is 18.9 Å². The first kappa shape index (κ1) is 32.1. The molecule has 0 fully saturated rings. The smallest absolute Gasteiger partial charge is 0.333 e. The molecule has 0 aliphatic carbocycles. The molecular formula is C28H54O5. The van der Waals surface area contributed by atoms with Crippen molar-refractivity contribution in [2.24, 2.45) is 5.92 Å². The number of hydrogen-bond donors (Lipinski definition) is 0. The molecule has 0 radical (unpaired) electrons. The third-order valence-electron chi connectivity index (χ3n) is 6.54. The van der Waals surface area contributed by atoms with Crippen molar-refractivity contribution >= 4 is 5.97 Å². The van der Waals surface area contributed by atoms with E-state index >= 15 is 0 Å². The molecule has 0 spiro atoms. The van der Waals surface area contributed by atoms with E-state index in [0.29, 0.717) is 12.2 Å². The molecule has 0 aromatic rings. The van der Waals surface area contributed by atoms with Crippen molar-refractivity contribution in [3.63, 3.8) is 0 Å². The van der Waals surface area contributed by atoms with Crippen LogP contribution in [0.3, 0.4) is 0 Å². The molecule has 0 aromatic carbocycles. The number of rotatable bonds is 24. The predicted molar refractivity (Wildman–Crippen MR) is 137 cm³/mol. The molecule has 1 atom stereocenters. The number of carbonyl (C=O) groups is 1. The van der Waals surface area contributed by atoms with Crippen molar-refractivity contribution in [1.29, 1.82) is 0 Å². The summed E-state index contributed by atoms with van der Waals surface area (Å²) in [4.78, 5) is 11.3. The summed E-state index contributed by atoms with van der Waals surface area (Å²) in [6.07, 6.45) is 20.8. The first-order valence-electron chi connectivity index (χ1n) is 13.4. The molecular weight excluding hydrogens is 416 g/mol. The molecule has 0 N–H and O–H groups in total. The third kappa shape index (κ3) is 15.6. The number of unbranched alkanes of at least 4 members (excludes halogenated alkanes) is 13. The van der Waals surface area contributed by atoms with E-state index in [2.05, 4.69) is 13.5 Å². The maximum absolute atomic E-state index is 11.3. The summed E-state index contributed by atoms with van der Waals surface area (Å²) >= 11 is 0. The fourth-order valence-corrected chi connectivity index (χ4v) is 4.44. The maximum atomic E-state index is 11.3. The van der Waals surface area contributed by atoms with Gasteiger partial charge in [-0.05, 0) is 26.2 Å². The quantitative estimate of drug-likeness (QED) is 0.0619. The van der Waals surface area contributed by atoms with E-state index in [4.69, 9.17) is 18.9 Å². The van der Waals surface area contributed by atoms with E-state index in [-0.39, 0.29) is 11.9 Å². The Morgan fingerprint density at radius 2 is 1.09 bits per heavy atom. The minimum absolute atomic E-state index is 0.266. The van der Waals surface area contributed by atoms with E-state index in [1.807, 2.05) is 0 Å². The average molecular weight is 471 g/mol. The van der Waals surface area contributed by atoms with Crippen LogP contribution in [0.5, 0.6) is 0 Å². The standard InChI is InChI=1S/C28H54O5/c1-7-8-9-10-16-19-22-26(28(30-4,31-5)32-6)23-20-17-14-12-11-13-15-18-21-24-33-27(29)25(2)3/h26H,2,7-24H2,1,3-6H3. The molecule has 33 heavy (non-hydrogen) atoms. The minimum atomic E-state index is -0.915. The van der Waals surface area contributed by atoms with Gasteiger partial charge >= 0.3 is 5.97 Å². The lowest BCUT2D eigenvalue weighted by molar-refractivity contribution is -0.380. The number of methoxy groups -OCH3 is 3. The van der Waals surface area contributed by atoms with Crippen LogP contribution in [0.2, 0.25) is 0 Å². The van der Waals surface area contributed by atoms with Crippen molar-refractivity contribution in [3.05, 3.63) is 12.2 Å². The second-order valence-corrected chi connectivity index (χ2v) is 9.36. The minimum Gasteiger partial charge on any atom is -0.462 e. The average Bonchev–Trinajstić information content (AvgIpc) is 2.82. The molecule has 0 heterocycles. The molecule has 0 aromatic heterocycles. The molecule has 196 valence electrons. The summed E-state index contributed by atoms with van der Waals surface area (Å²) < 4.78 is 22.2. The van der Waals surface area contributed by atoms with E-state index in [1.165, 1.54) is 83.5 Å². The Balaban J connectivity index is 3.97. The first-order valence-corrected chi connectivity index (χ1v) is 13.4. The van der Waals surface area contributed by atoms with Gasteiger partial charge in [-0.25, -0.2) is 4.79 Å². The van der Waals surface area contributed by atoms with Gasteiger partial charge in [0.1, 0.15) is 0 Å². The van der Waals surface area contributed by atoms with Crippen LogP contribution in [0.1, 0.15) is 123 Å². The Bertz CT molecular complexity index is 465. The third-order valence-corrected chi connectivity index (χ3v) is 6.54. The Hall–Kier alpha value is -0.910. The van der Waals surface area contributed by atoms with Gasteiger partial charge in [0.05, 0.1) is 6.61 Å². The van der Waals surface area contributed by atoms with Gasteiger partial charge in [0.2, 0.25) is 0 Å². The summed E-state index contributed by atoms with van der Waals surface area (Å²) in [7, 11) is 5.06. The van der Waals surface area contributed by atoms with Crippen molar-refractivity contribution in [3.8, 4) is 0 Å². The highest BCUT2D eigenvalue weighted by Crippen LogP contribution is 2.33. The van der Waals surface area contributed by atoms with Gasteiger partial charge in [-0.15, -0.1) is 0 Å². The normalized spacial score (nSPS) is 12.6. The highest BCUT2D eigenvalue weighted by molar-refractivity contribution is 5.86. The number of esters is 1. The SMILES string of the molecule is C=C(C)C(=O)OCCCCCCCCCCCC(CCCCCCCC)C(OC)(OC)OC. The molecule has 5 nitrogen and oxygen atoms in total. The van der Waals surface area contributed by atoms with Gasteiger partial charge in [-0.1, -0.05) is 103 Å². The number of carbonyl (C=O) groups excluding carboxylic acids is 1. The summed E-state index contributed by atoms with van der Waals surface area (Å²) in [5, 5.41) is 0. The summed E-state index contributed by atoms with van der Waals surface area (Å²) in [6, 6.07) is 0.